The minimum absolute atomic E-state index is 0.359. The first-order valence-electron chi connectivity index (χ1n) is 4.53. The molecule has 0 spiro atoms. The van der Waals surface area contributed by atoms with Gasteiger partial charge in [-0.2, -0.15) is 0 Å². The van der Waals surface area contributed by atoms with Crippen LogP contribution in [0, 0.1) is 0 Å². The van der Waals surface area contributed by atoms with Gasteiger partial charge in [0.05, 0.1) is 11.2 Å². The van der Waals surface area contributed by atoms with Crippen LogP contribution < -0.4 is 5.73 Å². The number of hydrogen-bond acceptors (Lipinski definition) is 3. The molecule has 0 aromatic carbocycles. The van der Waals surface area contributed by atoms with Crippen molar-refractivity contribution in [2.24, 2.45) is 5.73 Å². The molecule has 2 N–H and O–H groups in total. The Kier molecular flexibility index (Phi) is 2.31. The van der Waals surface area contributed by atoms with E-state index < -0.39 is 0 Å². The fourth-order valence-corrected chi connectivity index (χ4v) is 2.70. The van der Waals surface area contributed by atoms with Crippen molar-refractivity contribution in [2.45, 2.75) is 31.6 Å². The lowest BCUT2D eigenvalue weighted by Gasteiger charge is -2.01. The Bertz CT molecular complexity index is 315. The Morgan fingerprint density at radius 2 is 2.23 bits per heavy atom. The maximum absolute atomic E-state index is 10.8. The molecule has 0 atom stereocenters. The molecule has 1 fully saturated rings. The highest BCUT2D eigenvalue weighted by Crippen LogP contribution is 2.35. The van der Waals surface area contributed by atoms with Crippen LogP contribution >= 0.6 is 11.3 Å². The van der Waals surface area contributed by atoms with Crippen LogP contribution in [-0.4, -0.2) is 10.9 Å². The molecule has 13 heavy (non-hydrogen) atoms. The Morgan fingerprint density at radius 3 is 2.77 bits per heavy atom. The van der Waals surface area contributed by atoms with Crippen LogP contribution in [0.4, 0.5) is 0 Å². The minimum Gasteiger partial charge on any atom is -0.365 e. The van der Waals surface area contributed by atoms with Gasteiger partial charge in [0.1, 0.15) is 4.88 Å². The quantitative estimate of drug-likeness (QED) is 0.785. The van der Waals surface area contributed by atoms with E-state index in [1.165, 1.54) is 37.0 Å². The van der Waals surface area contributed by atoms with Gasteiger partial charge in [-0.15, -0.1) is 11.3 Å². The predicted molar refractivity (Wildman–Crippen MR) is 51.8 cm³/mol. The zero-order valence-corrected chi connectivity index (χ0v) is 8.14. The maximum Gasteiger partial charge on any atom is 0.260 e. The number of amides is 1. The third kappa shape index (κ3) is 1.72. The Morgan fingerprint density at radius 1 is 1.54 bits per heavy atom. The monoisotopic (exact) mass is 196 g/mol. The van der Waals surface area contributed by atoms with Gasteiger partial charge in [-0.3, -0.25) is 4.79 Å². The topological polar surface area (TPSA) is 56.0 Å². The first-order chi connectivity index (χ1) is 6.27. The van der Waals surface area contributed by atoms with Gasteiger partial charge in [0.25, 0.3) is 5.91 Å². The van der Waals surface area contributed by atoms with Crippen LogP contribution in [-0.2, 0) is 0 Å². The van der Waals surface area contributed by atoms with Gasteiger partial charge in [-0.25, -0.2) is 4.98 Å². The molecule has 1 amide bonds. The first-order valence-corrected chi connectivity index (χ1v) is 5.34. The molecule has 2 rings (SSSR count). The van der Waals surface area contributed by atoms with Crippen molar-refractivity contribution in [3.05, 3.63) is 16.1 Å². The summed E-state index contributed by atoms with van der Waals surface area (Å²) < 4.78 is 0. The van der Waals surface area contributed by atoms with Gasteiger partial charge in [0, 0.05) is 5.92 Å². The number of primary amides is 1. The van der Waals surface area contributed by atoms with Gasteiger partial charge in [-0.1, -0.05) is 12.8 Å². The molecule has 0 radical (unpaired) electrons. The van der Waals surface area contributed by atoms with Crippen LogP contribution in [0.1, 0.15) is 46.3 Å². The summed E-state index contributed by atoms with van der Waals surface area (Å²) >= 11 is 1.45. The third-order valence-electron chi connectivity index (χ3n) is 2.47. The molecular formula is C9H12N2OS. The van der Waals surface area contributed by atoms with Gasteiger partial charge in [-0.05, 0) is 12.8 Å². The van der Waals surface area contributed by atoms with Gasteiger partial charge in [0.2, 0.25) is 0 Å². The minimum atomic E-state index is -0.359. The second-order valence-electron chi connectivity index (χ2n) is 3.41. The van der Waals surface area contributed by atoms with E-state index in [4.69, 9.17) is 5.73 Å². The normalized spacial score (nSPS) is 17.8. The van der Waals surface area contributed by atoms with E-state index in [0.29, 0.717) is 10.8 Å². The summed E-state index contributed by atoms with van der Waals surface area (Å²) in [4.78, 5) is 15.6. The molecule has 0 aliphatic heterocycles. The first kappa shape index (κ1) is 8.69. The lowest BCUT2D eigenvalue weighted by Crippen LogP contribution is -2.08. The molecule has 1 saturated carbocycles. The van der Waals surface area contributed by atoms with Crippen molar-refractivity contribution in [1.29, 1.82) is 0 Å². The fraction of sp³-hybridized carbons (Fsp3) is 0.556. The highest BCUT2D eigenvalue weighted by molar-refractivity contribution is 7.13. The van der Waals surface area contributed by atoms with Crippen LogP contribution in [0.2, 0.25) is 0 Å². The number of rotatable bonds is 2. The van der Waals surface area contributed by atoms with Crippen LogP contribution in [0.15, 0.2) is 6.20 Å². The second kappa shape index (κ2) is 3.46. The molecule has 0 unspecified atom stereocenters. The van der Waals surface area contributed by atoms with Gasteiger partial charge >= 0.3 is 0 Å². The number of hydrogen-bond donors (Lipinski definition) is 1. The molecular weight excluding hydrogens is 184 g/mol. The summed E-state index contributed by atoms with van der Waals surface area (Å²) in [5.41, 5.74) is 5.16. The lowest BCUT2D eigenvalue weighted by molar-refractivity contribution is 0.100. The summed E-state index contributed by atoms with van der Waals surface area (Å²) in [6.07, 6.45) is 6.60. The van der Waals surface area contributed by atoms with Crippen molar-refractivity contribution in [2.75, 3.05) is 0 Å². The molecule has 0 bridgehead atoms. The van der Waals surface area contributed by atoms with Gasteiger partial charge in [0.15, 0.2) is 0 Å². The molecule has 0 saturated heterocycles. The highest BCUT2D eigenvalue weighted by atomic mass is 32.1. The van der Waals surface area contributed by atoms with Gasteiger partial charge < -0.3 is 5.73 Å². The Labute approximate surface area is 81.0 Å². The zero-order valence-electron chi connectivity index (χ0n) is 7.32. The Hall–Kier alpha value is -0.900. The Balaban J connectivity index is 2.16. The predicted octanol–water partition coefficient (Wildman–Crippen LogP) is 1.90. The average Bonchev–Trinajstić information content (AvgIpc) is 2.75. The largest absolute Gasteiger partial charge is 0.365 e. The number of carbonyl (C=O) groups excluding carboxylic acids is 1. The SMILES string of the molecule is NC(=O)c1cnc(C2CCCC2)s1. The molecule has 70 valence electrons. The number of nitrogens with two attached hydrogens (primary N) is 1. The van der Waals surface area contributed by atoms with Crippen LogP contribution in [0.3, 0.4) is 0 Å². The van der Waals surface area contributed by atoms with E-state index >= 15 is 0 Å². The number of nitrogens with zero attached hydrogens (tertiary/aromatic N) is 1. The van der Waals surface area contributed by atoms with Crippen LogP contribution in [0.25, 0.3) is 0 Å². The summed E-state index contributed by atoms with van der Waals surface area (Å²) in [6.45, 7) is 0. The fourth-order valence-electron chi connectivity index (χ4n) is 1.76. The van der Waals surface area contributed by atoms with E-state index in [1.807, 2.05) is 0 Å². The summed E-state index contributed by atoms with van der Waals surface area (Å²) in [5, 5.41) is 1.09. The zero-order chi connectivity index (χ0) is 9.26. The number of thiazole rings is 1. The van der Waals surface area contributed by atoms with Crippen molar-refractivity contribution in [3.8, 4) is 0 Å². The van der Waals surface area contributed by atoms with Crippen molar-refractivity contribution in [3.63, 3.8) is 0 Å². The molecule has 1 aliphatic rings. The number of aromatic nitrogens is 1. The lowest BCUT2D eigenvalue weighted by atomic mass is 10.1. The van der Waals surface area contributed by atoms with E-state index in [-0.39, 0.29) is 5.91 Å². The van der Waals surface area contributed by atoms with E-state index in [1.54, 1.807) is 6.20 Å². The molecule has 4 heteroatoms. The summed E-state index contributed by atoms with van der Waals surface area (Å²) in [7, 11) is 0. The summed E-state index contributed by atoms with van der Waals surface area (Å²) in [5.74, 6) is 0.222. The smallest absolute Gasteiger partial charge is 0.260 e. The molecule has 3 nitrogen and oxygen atoms in total. The van der Waals surface area contributed by atoms with E-state index in [2.05, 4.69) is 4.98 Å². The molecule has 1 heterocycles. The van der Waals surface area contributed by atoms with Crippen molar-refractivity contribution < 1.29 is 4.79 Å². The van der Waals surface area contributed by atoms with Crippen LogP contribution in [0.5, 0.6) is 0 Å². The highest BCUT2D eigenvalue weighted by Gasteiger charge is 2.20. The van der Waals surface area contributed by atoms with Crippen molar-refractivity contribution in [1.82, 2.24) is 4.98 Å². The summed E-state index contributed by atoms with van der Waals surface area (Å²) in [6, 6.07) is 0. The molecule has 1 aromatic rings. The standard InChI is InChI=1S/C9H12N2OS/c10-8(12)7-5-11-9(13-7)6-3-1-2-4-6/h5-6H,1-4H2,(H2,10,12). The maximum atomic E-state index is 10.8. The third-order valence-corrected chi connectivity index (χ3v) is 3.65. The van der Waals surface area contributed by atoms with E-state index in [0.717, 1.165) is 5.01 Å². The average molecular weight is 196 g/mol. The molecule has 1 aliphatic carbocycles. The second-order valence-corrected chi connectivity index (χ2v) is 4.47. The van der Waals surface area contributed by atoms with E-state index in [9.17, 15) is 4.79 Å². The van der Waals surface area contributed by atoms with Crippen molar-refractivity contribution >= 4 is 17.2 Å². The molecule has 1 aromatic heterocycles. The number of carbonyl (C=O) groups is 1.